The normalized spacial score (nSPS) is 14.3. The standard InChI is InChI=1S/C26H30N2O5/c1-3-31-22-10-9-20(16-23(22)32-4-2)25(29)27-17-18-11-13-28(14-12-18)26(30)24-15-19-7-5-6-8-21(19)33-24/h5-10,15-16,18H,3-4,11-14,17H2,1-2H3,(H,27,29). The minimum atomic E-state index is -0.139. The van der Waals surface area contributed by atoms with E-state index in [1.807, 2.05) is 43.0 Å². The smallest absolute Gasteiger partial charge is 0.289 e. The molecule has 0 radical (unpaired) electrons. The van der Waals surface area contributed by atoms with Crippen LogP contribution < -0.4 is 14.8 Å². The lowest BCUT2D eigenvalue weighted by Gasteiger charge is -2.31. The number of nitrogens with one attached hydrogen (secondary N) is 1. The molecule has 1 aliphatic heterocycles. The summed E-state index contributed by atoms with van der Waals surface area (Å²) in [5.41, 5.74) is 1.26. The highest BCUT2D eigenvalue weighted by atomic mass is 16.5. The first kappa shape index (κ1) is 22.7. The number of rotatable bonds is 8. The molecule has 0 aliphatic carbocycles. The third-order valence-electron chi connectivity index (χ3n) is 5.89. The van der Waals surface area contributed by atoms with Crippen molar-refractivity contribution < 1.29 is 23.5 Å². The van der Waals surface area contributed by atoms with Crippen molar-refractivity contribution in [1.29, 1.82) is 0 Å². The van der Waals surface area contributed by atoms with Crippen LogP contribution in [0.3, 0.4) is 0 Å². The van der Waals surface area contributed by atoms with Gasteiger partial charge in [0.25, 0.3) is 11.8 Å². The molecule has 7 nitrogen and oxygen atoms in total. The van der Waals surface area contributed by atoms with Gasteiger partial charge in [0.15, 0.2) is 17.3 Å². The Hall–Kier alpha value is -3.48. The Labute approximate surface area is 193 Å². The summed E-state index contributed by atoms with van der Waals surface area (Å²) in [7, 11) is 0. The number of carbonyl (C=O) groups is 2. The highest BCUT2D eigenvalue weighted by Gasteiger charge is 2.26. The second kappa shape index (κ2) is 10.4. The molecule has 2 amide bonds. The van der Waals surface area contributed by atoms with E-state index in [0.29, 0.717) is 61.6 Å². The average molecular weight is 451 g/mol. The zero-order chi connectivity index (χ0) is 23.2. The molecule has 2 aromatic carbocycles. The van der Waals surface area contributed by atoms with E-state index in [9.17, 15) is 9.59 Å². The molecule has 7 heteroatoms. The van der Waals surface area contributed by atoms with Crippen molar-refractivity contribution in [2.75, 3.05) is 32.8 Å². The molecule has 174 valence electrons. The molecule has 0 atom stereocenters. The number of furan rings is 1. The minimum absolute atomic E-state index is 0.0773. The Balaban J connectivity index is 1.29. The van der Waals surface area contributed by atoms with E-state index in [1.54, 1.807) is 24.3 Å². The summed E-state index contributed by atoms with van der Waals surface area (Å²) >= 11 is 0. The maximum atomic E-state index is 12.8. The largest absolute Gasteiger partial charge is 0.490 e. The number of amides is 2. The van der Waals surface area contributed by atoms with Gasteiger partial charge in [-0.1, -0.05) is 18.2 Å². The fraction of sp³-hybridized carbons (Fsp3) is 0.385. The second-order valence-corrected chi connectivity index (χ2v) is 8.12. The number of hydrogen-bond donors (Lipinski definition) is 1. The number of likely N-dealkylation sites (tertiary alicyclic amines) is 1. The van der Waals surface area contributed by atoms with E-state index >= 15 is 0 Å². The Morgan fingerprint density at radius 2 is 1.73 bits per heavy atom. The van der Waals surface area contributed by atoms with Gasteiger partial charge in [-0.05, 0) is 62.9 Å². The minimum Gasteiger partial charge on any atom is -0.490 e. The summed E-state index contributed by atoms with van der Waals surface area (Å²) < 4.78 is 16.9. The summed E-state index contributed by atoms with van der Waals surface area (Å²) in [6.07, 6.45) is 1.67. The van der Waals surface area contributed by atoms with Crippen LogP contribution in [0, 0.1) is 5.92 Å². The predicted octanol–water partition coefficient (Wildman–Crippen LogP) is 4.51. The van der Waals surface area contributed by atoms with E-state index < -0.39 is 0 Å². The zero-order valence-electron chi connectivity index (χ0n) is 19.1. The van der Waals surface area contributed by atoms with Gasteiger partial charge in [0.2, 0.25) is 0 Å². The SMILES string of the molecule is CCOc1ccc(C(=O)NCC2CCN(C(=O)c3cc4ccccc4o3)CC2)cc1OCC. The van der Waals surface area contributed by atoms with E-state index in [1.165, 1.54) is 0 Å². The molecule has 1 saturated heterocycles. The van der Waals surface area contributed by atoms with E-state index in [2.05, 4.69) is 5.32 Å². The van der Waals surface area contributed by atoms with Gasteiger partial charge < -0.3 is 24.1 Å². The lowest BCUT2D eigenvalue weighted by atomic mass is 9.96. The number of piperidine rings is 1. The summed E-state index contributed by atoms with van der Waals surface area (Å²) in [6.45, 7) is 6.70. The number of hydrogen-bond acceptors (Lipinski definition) is 5. The Morgan fingerprint density at radius 1 is 1.00 bits per heavy atom. The van der Waals surface area contributed by atoms with Crippen molar-refractivity contribution >= 4 is 22.8 Å². The van der Waals surface area contributed by atoms with Gasteiger partial charge in [-0.25, -0.2) is 0 Å². The number of carbonyl (C=O) groups excluding carboxylic acids is 2. The number of para-hydroxylation sites is 1. The monoisotopic (exact) mass is 450 g/mol. The molecule has 1 N–H and O–H groups in total. The van der Waals surface area contributed by atoms with Crippen molar-refractivity contribution in [2.24, 2.45) is 5.92 Å². The molecule has 2 heterocycles. The van der Waals surface area contributed by atoms with Gasteiger partial charge in [-0.2, -0.15) is 0 Å². The first-order valence-corrected chi connectivity index (χ1v) is 11.5. The van der Waals surface area contributed by atoms with Crippen molar-refractivity contribution in [1.82, 2.24) is 10.2 Å². The first-order valence-electron chi connectivity index (χ1n) is 11.5. The van der Waals surface area contributed by atoms with Gasteiger partial charge in [-0.3, -0.25) is 9.59 Å². The van der Waals surface area contributed by atoms with Crippen molar-refractivity contribution in [3.05, 3.63) is 59.9 Å². The molecule has 4 rings (SSSR count). The highest BCUT2D eigenvalue weighted by Crippen LogP contribution is 2.29. The Morgan fingerprint density at radius 3 is 2.45 bits per heavy atom. The van der Waals surface area contributed by atoms with Crippen LogP contribution >= 0.6 is 0 Å². The molecule has 0 bridgehead atoms. The maximum Gasteiger partial charge on any atom is 0.289 e. The highest BCUT2D eigenvalue weighted by molar-refractivity contribution is 5.96. The number of ether oxygens (including phenoxy) is 2. The molecular formula is C26H30N2O5. The fourth-order valence-corrected chi connectivity index (χ4v) is 4.11. The van der Waals surface area contributed by atoms with Crippen LogP contribution in [0.2, 0.25) is 0 Å². The molecule has 3 aromatic rings. The summed E-state index contributed by atoms with van der Waals surface area (Å²) in [6, 6.07) is 14.7. The van der Waals surface area contributed by atoms with Crippen LogP contribution in [-0.2, 0) is 0 Å². The van der Waals surface area contributed by atoms with Crippen molar-refractivity contribution in [3.63, 3.8) is 0 Å². The second-order valence-electron chi connectivity index (χ2n) is 8.12. The topological polar surface area (TPSA) is 81.0 Å². The lowest BCUT2D eigenvalue weighted by molar-refractivity contribution is 0.0655. The van der Waals surface area contributed by atoms with Gasteiger partial charge >= 0.3 is 0 Å². The van der Waals surface area contributed by atoms with Crippen LogP contribution in [0.1, 0.15) is 47.6 Å². The Bertz CT molecular complexity index is 1080. The molecule has 33 heavy (non-hydrogen) atoms. The quantitative estimate of drug-likeness (QED) is 0.546. The molecule has 1 fully saturated rings. The van der Waals surface area contributed by atoms with E-state index in [4.69, 9.17) is 13.9 Å². The molecule has 1 aliphatic rings. The number of fused-ring (bicyclic) bond motifs is 1. The van der Waals surface area contributed by atoms with Gasteiger partial charge in [-0.15, -0.1) is 0 Å². The molecule has 1 aromatic heterocycles. The number of nitrogens with zero attached hydrogens (tertiary/aromatic N) is 1. The van der Waals surface area contributed by atoms with E-state index in [-0.39, 0.29) is 11.8 Å². The third kappa shape index (κ3) is 5.30. The predicted molar refractivity (Wildman–Crippen MR) is 126 cm³/mol. The molecule has 0 spiro atoms. The van der Waals surface area contributed by atoms with Crippen molar-refractivity contribution in [2.45, 2.75) is 26.7 Å². The van der Waals surface area contributed by atoms with Crippen LogP contribution in [0.25, 0.3) is 11.0 Å². The van der Waals surface area contributed by atoms with Crippen molar-refractivity contribution in [3.8, 4) is 11.5 Å². The molecular weight excluding hydrogens is 420 g/mol. The molecule has 0 unspecified atom stereocenters. The van der Waals surface area contributed by atoms with Gasteiger partial charge in [0.05, 0.1) is 13.2 Å². The van der Waals surface area contributed by atoms with Crippen LogP contribution in [0.5, 0.6) is 11.5 Å². The van der Waals surface area contributed by atoms with Crippen LogP contribution in [0.15, 0.2) is 52.9 Å². The number of benzene rings is 2. The van der Waals surface area contributed by atoms with Crippen LogP contribution in [0.4, 0.5) is 0 Å². The fourth-order valence-electron chi connectivity index (χ4n) is 4.11. The Kier molecular flexibility index (Phi) is 7.17. The van der Waals surface area contributed by atoms with E-state index in [0.717, 1.165) is 23.8 Å². The average Bonchev–Trinajstić information content (AvgIpc) is 3.28. The summed E-state index contributed by atoms with van der Waals surface area (Å²) in [5.74, 6) is 1.69. The summed E-state index contributed by atoms with van der Waals surface area (Å²) in [4.78, 5) is 27.3. The van der Waals surface area contributed by atoms with Gasteiger partial charge in [0, 0.05) is 30.6 Å². The van der Waals surface area contributed by atoms with Gasteiger partial charge in [0.1, 0.15) is 5.58 Å². The third-order valence-corrected chi connectivity index (χ3v) is 5.89. The maximum absolute atomic E-state index is 12.8. The first-order chi connectivity index (χ1) is 16.1. The zero-order valence-corrected chi connectivity index (χ0v) is 19.1. The summed E-state index contributed by atoms with van der Waals surface area (Å²) in [5, 5.41) is 3.96. The molecule has 0 saturated carbocycles. The van der Waals surface area contributed by atoms with Crippen LogP contribution in [-0.4, -0.2) is 49.6 Å². The lowest BCUT2D eigenvalue weighted by Crippen LogP contribution is -2.41.